The van der Waals surface area contributed by atoms with Crippen LogP contribution in [0, 0.1) is 11.3 Å². The van der Waals surface area contributed by atoms with Crippen LogP contribution in [0.4, 0.5) is 0 Å². The van der Waals surface area contributed by atoms with Crippen LogP contribution in [-0.4, -0.2) is 10.2 Å². The zero-order chi connectivity index (χ0) is 11.1. The Kier molecular flexibility index (Phi) is 5.06. The average Bonchev–Trinajstić information content (AvgIpc) is 2.26. The number of unbranched alkanes of at least 4 members (excludes halogenated alkanes) is 2. The second kappa shape index (κ2) is 6.36. The van der Waals surface area contributed by atoms with Gasteiger partial charge in [-0.1, -0.05) is 37.8 Å². The highest BCUT2D eigenvalue weighted by Crippen LogP contribution is 2.19. The summed E-state index contributed by atoms with van der Waals surface area (Å²) >= 11 is 5.63. The number of rotatable bonds is 5. The lowest BCUT2D eigenvalue weighted by atomic mass is 9.99. The van der Waals surface area contributed by atoms with Crippen LogP contribution < -0.4 is 0 Å². The molecule has 0 aliphatic rings. The van der Waals surface area contributed by atoms with Crippen LogP contribution in [-0.2, 0) is 0 Å². The van der Waals surface area contributed by atoms with E-state index >= 15 is 0 Å². The maximum Gasteiger partial charge on any atom is 0.151 e. The van der Waals surface area contributed by atoms with Gasteiger partial charge in [0.05, 0.1) is 17.7 Å². The van der Waals surface area contributed by atoms with Gasteiger partial charge in [-0.3, -0.25) is 0 Å². The summed E-state index contributed by atoms with van der Waals surface area (Å²) in [7, 11) is 0. The minimum Gasteiger partial charge on any atom is -0.198 e. The van der Waals surface area contributed by atoms with Gasteiger partial charge in [0.15, 0.2) is 5.15 Å². The molecule has 0 aliphatic carbocycles. The highest BCUT2D eigenvalue weighted by Gasteiger charge is 2.11. The van der Waals surface area contributed by atoms with Crippen molar-refractivity contribution < 1.29 is 0 Å². The number of hydrogen-bond donors (Lipinski definition) is 0. The Labute approximate surface area is 95.1 Å². The van der Waals surface area contributed by atoms with Crippen LogP contribution in [0.3, 0.4) is 0 Å². The molecule has 0 saturated heterocycles. The average molecular weight is 224 g/mol. The van der Waals surface area contributed by atoms with Crippen LogP contribution in [0.2, 0.25) is 5.15 Å². The van der Waals surface area contributed by atoms with Gasteiger partial charge in [0.1, 0.15) is 0 Å². The molecular weight excluding hydrogens is 210 g/mol. The molecule has 1 aromatic rings. The summed E-state index contributed by atoms with van der Waals surface area (Å²) < 4.78 is 0. The summed E-state index contributed by atoms with van der Waals surface area (Å²) in [5, 5.41) is 17.0. The summed E-state index contributed by atoms with van der Waals surface area (Å²) in [6.45, 7) is 2.14. The first-order valence-corrected chi connectivity index (χ1v) is 5.54. The quantitative estimate of drug-likeness (QED) is 0.720. The third-order valence-corrected chi connectivity index (χ3v) is 2.46. The number of nitrogens with zero attached hydrogens (tertiary/aromatic N) is 3. The Morgan fingerprint density at radius 3 is 2.73 bits per heavy atom. The van der Waals surface area contributed by atoms with Gasteiger partial charge < -0.3 is 0 Å². The van der Waals surface area contributed by atoms with E-state index in [2.05, 4.69) is 23.2 Å². The Morgan fingerprint density at radius 2 is 2.20 bits per heavy atom. The van der Waals surface area contributed by atoms with Gasteiger partial charge in [-0.25, -0.2) is 0 Å². The van der Waals surface area contributed by atoms with E-state index in [1.807, 2.05) is 0 Å². The van der Waals surface area contributed by atoms with Crippen molar-refractivity contribution in [3.63, 3.8) is 0 Å². The molecule has 1 rings (SSSR count). The number of nitriles is 1. The molecule has 1 aromatic heterocycles. The van der Waals surface area contributed by atoms with E-state index in [-0.39, 0.29) is 5.92 Å². The molecule has 1 unspecified atom stereocenters. The lowest BCUT2D eigenvalue weighted by molar-refractivity contribution is 0.620. The van der Waals surface area contributed by atoms with Crippen molar-refractivity contribution in [3.8, 4) is 6.07 Å². The molecular formula is C11H14ClN3. The summed E-state index contributed by atoms with van der Waals surface area (Å²) in [4.78, 5) is 0. The molecule has 0 bridgehead atoms. The highest BCUT2D eigenvalue weighted by molar-refractivity contribution is 6.29. The summed E-state index contributed by atoms with van der Waals surface area (Å²) in [5.74, 6) is -0.152. The number of aromatic nitrogens is 2. The van der Waals surface area contributed by atoms with E-state index in [0.717, 1.165) is 31.4 Å². The maximum absolute atomic E-state index is 9.00. The predicted molar refractivity (Wildman–Crippen MR) is 59.5 cm³/mol. The first kappa shape index (κ1) is 11.9. The van der Waals surface area contributed by atoms with E-state index in [9.17, 15) is 0 Å². The Balaban J connectivity index is 2.59. The summed E-state index contributed by atoms with van der Waals surface area (Å²) in [6.07, 6.45) is 4.21. The molecule has 0 aliphatic heterocycles. The molecule has 1 heterocycles. The van der Waals surface area contributed by atoms with E-state index in [1.165, 1.54) is 0 Å². The fourth-order valence-corrected chi connectivity index (χ4v) is 1.49. The smallest absolute Gasteiger partial charge is 0.151 e. The lowest BCUT2D eigenvalue weighted by Gasteiger charge is -2.06. The molecule has 0 amide bonds. The van der Waals surface area contributed by atoms with Crippen molar-refractivity contribution in [3.05, 3.63) is 23.0 Å². The first-order chi connectivity index (χ1) is 7.27. The van der Waals surface area contributed by atoms with E-state index in [1.54, 1.807) is 12.1 Å². The molecule has 0 radical (unpaired) electrons. The van der Waals surface area contributed by atoms with Gasteiger partial charge in [0.25, 0.3) is 0 Å². The van der Waals surface area contributed by atoms with Crippen molar-refractivity contribution in [2.75, 3.05) is 0 Å². The predicted octanol–water partition coefficient (Wildman–Crippen LogP) is 3.32. The second-order valence-corrected chi connectivity index (χ2v) is 3.85. The van der Waals surface area contributed by atoms with Gasteiger partial charge >= 0.3 is 0 Å². The van der Waals surface area contributed by atoms with Crippen LogP contribution in [0.15, 0.2) is 12.1 Å². The van der Waals surface area contributed by atoms with Gasteiger partial charge in [0, 0.05) is 0 Å². The molecule has 0 fully saturated rings. The summed E-state index contributed by atoms with van der Waals surface area (Å²) in [6, 6.07) is 5.70. The van der Waals surface area contributed by atoms with E-state index < -0.39 is 0 Å². The van der Waals surface area contributed by atoms with Crippen LogP contribution in [0.25, 0.3) is 0 Å². The van der Waals surface area contributed by atoms with Crippen molar-refractivity contribution in [1.29, 1.82) is 5.26 Å². The van der Waals surface area contributed by atoms with Gasteiger partial charge in [-0.15, -0.1) is 5.10 Å². The van der Waals surface area contributed by atoms with Gasteiger partial charge in [-0.2, -0.15) is 10.4 Å². The van der Waals surface area contributed by atoms with Crippen molar-refractivity contribution in [2.45, 2.75) is 38.5 Å². The van der Waals surface area contributed by atoms with E-state index in [4.69, 9.17) is 16.9 Å². The molecule has 3 nitrogen and oxygen atoms in total. The fraction of sp³-hybridized carbons (Fsp3) is 0.545. The molecule has 15 heavy (non-hydrogen) atoms. The molecule has 0 aromatic carbocycles. The minimum atomic E-state index is -0.152. The zero-order valence-corrected chi connectivity index (χ0v) is 9.54. The fourth-order valence-electron chi connectivity index (χ4n) is 1.39. The Hall–Kier alpha value is -1.14. The minimum absolute atomic E-state index is 0.152. The monoisotopic (exact) mass is 223 g/mol. The van der Waals surface area contributed by atoms with Crippen LogP contribution in [0.1, 0.15) is 44.2 Å². The van der Waals surface area contributed by atoms with Gasteiger partial charge in [0.2, 0.25) is 0 Å². The van der Waals surface area contributed by atoms with Crippen molar-refractivity contribution in [1.82, 2.24) is 10.2 Å². The first-order valence-electron chi connectivity index (χ1n) is 5.16. The van der Waals surface area contributed by atoms with Gasteiger partial charge in [-0.05, 0) is 18.6 Å². The SMILES string of the molecule is CCCCCC(C#N)c1ccc(Cl)nn1. The normalized spacial score (nSPS) is 12.1. The molecule has 0 spiro atoms. The number of halogens is 1. The largest absolute Gasteiger partial charge is 0.198 e. The molecule has 0 saturated carbocycles. The Bertz CT molecular complexity index is 329. The standard InChI is InChI=1S/C11H14ClN3/c1-2-3-4-5-9(8-13)10-6-7-11(12)15-14-10/h6-7,9H,2-5H2,1H3. The highest BCUT2D eigenvalue weighted by atomic mass is 35.5. The topological polar surface area (TPSA) is 49.6 Å². The Morgan fingerprint density at radius 1 is 1.40 bits per heavy atom. The third-order valence-electron chi connectivity index (χ3n) is 2.26. The molecule has 0 N–H and O–H groups in total. The molecule has 4 heteroatoms. The number of hydrogen-bond acceptors (Lipinski definition) is 3. The van der Waals surface area contributed by atoms with Crippen molar-refractivity contribution in [2.24, 2.45) is 0 Å². The van der Waals surface area contributed by atoms with Crippen LogP contribution in [0.5, 0.6) is 0 Å². The van der Waals surface area contributed by atoms with Crippen molar-refractivity contribution >= 4 is 11.6 Å². The summed E-state index contributed by atoms with van der Waals surface area (Å²) in [5.41, 5.74) is 0.720. The second-order valence-electron chi connectivity index (χ2n) is 3.46. The third kappa shape index (κ3) is 3.85. The molecule has 1 atom stereocenters. The maximum atomic E-state index is 9.00. The zero-order valence-electron chi connectivity index (χ0n) is 8.78. The van der Waals surface area contributed by atoms with Crippen LogP contribution >= 0.6 is 11.6 Å². The van der Waals surface area contributed by atoms with E-state index in [0.29, 0.717) is 5.15 Å². The lowest BCUT2D eigenvalue weighted by Crippen LogP contribution is -2.00. The molecule has 80 valence electrons.